The Morgan fingerprint density at radius 1 is 0.929 bits per heavy atom. The van der Waals surface area contributed by atoms with E-state index in [1.54, 1.807) is 0 Å². The molecule has 0 radical (unpaired) electrons. The van der Waals surface area contributed by atoms with Crippen LogP contribution < -0.4 is 59.1 Å². The molecule has 0 saturated heterocycles. The largest absolute Gasteiger partial charge is 1.00 e. The van der Waals surface area contributed by atoms with Gasteiger partial charge in [0.25, 0.3) is 0 Å². The van der Waals surface area contributed by atoms with Crippen LogP contribution in [0.3, 0.4) is 0 Å². The second-order valence-electron chi connectivity index (χ2n) is 1.67. The fraction of sp³-hybridized carbons (Fsp3) is 0.600. The van der Waals surface area contributed by atoms with Crippen LogP contribution in [0.5, 0.6) is 0 Å². The third-order valence-electron chi connectivity index (χ3n) is 0.644. The average Bonchev–Trinajstić information content (AvgIpc) is 1.85. The van der Waals surface area contributed by atoms with Gasteiger partial charge in [0, 0.05) is 23.2 Å². The summed E-state index contributed by atoms with van der Waals surface area (Å²) < 4.78 is 34.1. The van der Waals surface area contributed by atoms with Gasteiger partial charge in [-0.05, 0) is 6.42 Å². The Morgan fingerprint density at radius 2 is 1.14 bits per heavy atom. The molecule has 0 aromatic rings. The Hall–Kier alpha value is 1.21. The molecule has 9 heteroatoms. The predicted octanol–water partition coefficient (Wildman–Crippen LogP) is -6.78. The molecule has 0 amide bonds. The van der Waals surface area contributed by atoms with Crippen molar-refractivity contribution in [3.63, 3.8) is 0 Å². The second-order valence-corrected chi connectivity index (χ2v) is 2.49. The molecule has 0 aliphatic carbocycles. The van der Waals surface area contributed by atoms with E-state index >= 15 is 0 Å². The van der Waals surface area contributed by atoms with Crippen molar-refractivity contribution in [3.8, 4) is 0 Å². The van der Waals surface area contributed by atoms with Crippen LogP contribution in [0, 0.1) is 0 Å². The van der Waals surface area contributed by atoms with Crippen molar-refractivity contribution in [3.05, 3.63) is 0 Å². The van der Waals surface area contributed by atoms with Gasteiger partial charge in [-0.3, -0.25) is 8.42 Å². The van der Waals surface area contributed by atoms with Crippen molar-refractivity contribution in [2.75, 3.05) is 0 Å². The molecule has 0 rings (SSSR count). The van der Waals surface area contributed by atoms with E-state index in [1.807, 2.05) is 0 Å². The second kappa shape index (κ2) is 16.6. The van der Waals surface area contributed by atoms with E-state index in [4.69, 9.17) is 17.5 Å². The molecule has 0 heterocycles. The zero-order valence-corrected chi connectivity index (χ0v) is 13.0. The first kappa shape index (κ1) is 24.4. The fourth-order valence-corrected chi connectivity index (χ4v) is 0.285. The van der Waals surface area contributed by atoms with Gasteiger partial charge in [0.1, 0.15) is 12.6 Å². The normalized spacial score (nSPS) is 8.14. The molecule has 0 aliphatic heterocycles. The molecule has 0 unspecified atom stereocenters. The van der Waals surface area contributed by atoms with Crippen LogP contribution >= 0.6 is 0 Å². The third kappa shape index (κ3) is 72.6. The summed E-state index contributed by atoms with van der Waals surface area (Å²) in [7, 11) is -5.17. The molecule has 72 valence electrons. The molecule has 0 saturated carbocycles. The number of unbranched alkanes of at least 4 members (excludes halogenated alkanes) is 2. The number of rotatable bonds is 4. The third-order valence-corrected chi connectivity index (χ3v) is 0.644. The molecule has 6 nitrogen and oxygen atoms in total. The monoisotopic (exact) mass is 242 g/mol. The van der Waals surface area contributed by atoms with E-state index in [2.05, 4.69) is 0 Å². The number of hydrogen-bond donors (Lipinski definition) is 0. The smallest absolute Gasteiger partial charge is 0.759 e. The maximum atomic E-state index is 9.56. The summed E-state index contributed by atoms with van der Waals surface area (Å²) in [5.41, 5.74) is 0. The summed E-state index contributed by atoms with van der Waals surface area (Å²) in [5, 5.41) is 0. The minimum absolute atomic E-state index is 0. The van der Waals surface area contributed by atoms with Crippen molar-refractivity contribution in [1.82, 2.24) is 0 Å². The number of carbonyl (C=O) groups excluding carboxylic acids is 2. The molecule has 0 spiro atoms. The molecule has 0 aromatic carbocycles. The molecule has 14 heavy (non-hydrogen) atoms. The standard InChI is InChI=1S/C5H8O2.2Na.H2O4S/c6-4-2-1-3-5-7;;;1-5(2,3)4/h4-5H,1-3H2;;;(H2,1,2,3,4)/q;2*+1;/p-2. The van der Waals surface area contributed by atoms with Crippen molar-refractivity contribution >= 4 is 23.0 Å². The molecule has 0 fully saturated rings. The molecular weight excluding hydrogens is 234 g/mol. The molecule has 0 bridgehead atoms. The SMILES string of the molecule is O=CCCCC=O.O=S(=O)([O-])[O-].[Na+].[Na+]. The van der Waals surface area contributed by atoms with E-state index in [-0.39, 0.29) is 59.1 Å². The van der Waals surface area contributed by atoms with E-state index in [0.717, 1.165) is 12.6 Å². The topological polar surface area (TPSA) is 114 Å². The summed E-state index contributed by atoms with van der Waals surface area (Å²) in [6.45, 7) is 0. The van der Waals surface area contributed by atoms with Gasteiger partial charge in [-0.2, -0.15) is 0 Å². The fourth-order valence-electron chi connectivity index (χ4n) is 0.285. The Bertz CT molecular complexity index is 198. The van der Waals surface area contributed by atoms with E-state index < -0.39 is 10.4 Å². The summed E-state index contributed by atoms with van der Waals surface area (Å²) in [4.78, 5) is 19.1. The van der Waals surface area contributed by atoms with E-state index in [0.29, 0.717) is 19.3 Å². The van der Waals surface area contributed by atoms with Crippen LogP contribution in [-0.4, -0.2) is 30.1 Å². The molecule has 0 aromatic heterocycles. The van der Waals surface area contributed by atoms with Crippen LogP contribution in [0.2, 0.25) is 0 Å². The van der Waals surface area contributed by atoms with Crippen molar-refractivity contribution in [2.24, 2.45) is 0 Å². The van der Waals surface area contributed by atoms with Crippen LogP contribution in [0.1, 0.15) is 19.3 Å². The Kier molecular flexibility index (Phi) is 29.0. The van der Waals surface area contributed by atoms with Gasteiger partial charge >= 0.3 is 59.1 Å². The quantitative estimate of drug-likeness (QED) is 0.159. The minimum Gasteiger partial charge on any atom is -0.759 e. The zero-order valence-electron chi connectivity index (χ0n) is 8.13. The number of hydrogen-bond acceptors (Lipinski definition) is 6. The van der Waals surface area contributed by atoms with E-state index in [9.17, 15) is 9.59 Å². The van der Waals surface area contributed by atoms with Gasteiger partial charge in [0.15, 0.2) is 0 Å². The summed E-state index contributed by atoms with van der Waals surface area (Å²) in [5.74, 6) is 0. The van der Waals surface area contributed by atoms with Gasteiger partial charge < -0.3 is 18.7 Å². The Morgan fingerprint density at radius 3 is 1.29 bits per heavy atom. The van der Waals surface area contributed by atoms with Crippen molar-refractivity contribution in [2.45, 2.75) is 19.3 Å². The van der Waals surface area contributed by atoms with Gasteiger partial charge in [-0.25, -0.2) is 0 Å². The zero-order chi connectivity index (χ0) is 10.0. The van der Waals surface area contributed by atoms with Crippen LogP contribution in [0.15, 0.2) is 0 Å². The van der Waals surface area contributed by atoms with Gasteiger partial charge in [-0.1, -0.05) is 0 Å². The van der Waals surface area contributed by atoms with Gasteiger partial charge in [0.2, 0.25) is 0 Å². The van der Waals surface area contributed by atoms with Gasteiger partial charge in [0.05, 0.1) is 0 Å². The summed E-state index contributed by atoms with van der Waals surface area (Å²) in [6.07, 6.45) is 3.37. The summed E-state index contributed by atoms with van der Waals surface area (Å²) in [6, 6.07) is 0. The average molecular weight is 242 g/mol. The van der Waals surface area contributed by atoms with Crippen molar-refractivity contribution in [1.29, 1.82) is 0 Å². The summed E-state index contributed by atoms with van der Waals surface area (Å²) >= 11 is 0. The maximum absolute atomic E-state index is 9.56. The molecular formula is C5H8Na2O6S. The first-order valence-electron chi connectivity index (χ1n) is 2.95. The predicted molar refractivity (Wildman–Crippen MR) is 36.5 cm³/mol. The van der Waals surface area contributed by atoms with Crippen LogP contribution in [0.4, 0.5) is 0 Å². The van der Waals surface area contributed by atoms with Crippen LogP contribution in [0.25, 0.3) is 0 Å². The number of carbonyl (C=O) groups is 2. The van der Waals surface area contributed by atoms with Gasteiger partial charge in [-0.15, -0.1) is 0 Å². The Balaban J connectivity index is -0.0000000651. The maximum Gasteiger partial charge on any atom is 1.00 e. The minimum atomic E-state index is -5.17. The molecule has 0 N–H and O–H groups in total. The first-order chi connectivity index (χ1) is 5.41. The first-order valence-corrected chi connectivity index (χ1v) is 4.29. The van der Waals surface area contributed by atoms with Crippen LogP contribution in [-0.2, 0) is 20.0 Å². The Labute approximate surface area is 127 Å². The molecule has 0 aliphatic rings. The van der Waals surface area contributed by atoms with Crippen molar-refractivity contribution < 1.29 is 86.2 Å². The van der Waals surface area contributed by atoms with E-state index in [1.165, 1.54) is 0 Å². The molecule has 0 atom stereocenters. The number of aldehydes is 2.